The fraction of sp³-hybridized carbons (Fsp3) is 0.435. The molecule has 1 aromatic carbocycles. The number of aromatic amines is 1. The first-order valence-corrected chi connectivity index (χ1v) is 12.8. The number of aryl methyl sites for hydroxylation is 1. The van der Waals surface area contributed by atoms with E-state index >= 15 is 0 Å². The molecule has 10 nitrogen and oxygen atoms in total. The summed E-state index contributed by atoms with van der Waals surface area (Å²) < 4.78 is 33.6. The van der Waals surface area contributed by atoms with Gasteiger partial charge in [0.15, 0.2) is 0 Å². The first-order chi connectivity index (χ1) is 16.3. The smallest absolute Gasteiger partial charge is 0.278 e. The van der Waals surface area contributed by atoms with Crippen LogP contribution in [0, 0.1) is 6.92 Å². The van der Waals surface area contributed by atoms with Crippen LogP contribution in [0.25, 0.3) is 11.1 Å². The Morgan fingerprint density at radius 1 is 1.18 bits per heavy atom. The van der Waals surface area contributed by atoms with Crippen LogP contribution in [0.1, 0.15) is 24.1 Å². The topological polar surface area (TPSA) is 116 Å². The van der Waals surface area contributed by atoms with Crippen molar-refractivity contribution < 1.29 is 13.2 Å². The summed E-state index contributed by atoms with van der Waals surface area (Å²) in [5, 5.41) is 11.2. The van der Waals surface area contributed by atoms with Gasteiger partial charge in [-0.2, -0.15) is 4.31 Å². The van der Waals surface area contributed by atoms with Crippen molar-refractivity contribution in [3.8, 4) is 16.9 Å². The zero-order valence-electron chi connectivity index (χ0n) is 19.6. The molecule has 180 valence electrons. The fourth-order valence-corrected chi connectivity index (χ4v) is 5.94. The predicted molar refractivity (Wildman–Crippen MR) is 129 cm³/mol. The van der Waals surface area contributed by atoms with E-state index in [0.717, 1.165) is 53.1 Å². The molecule has 2 aliphatic rings. The average Bonchev–Trinajstić information content (AvgIpc) is 3.49. The normalized spacial score (nSPS) is 17.1. The number of piperidine rings is 1. The second-order valence-electron chi connectivity index (χ2n) is 8.95. The summed E-state index contributed by atoms with van der Waals surface area (Å²) in [6.45, 7) is 3.47. The first-order valence-electron chi connectivity index (χ1n) is 11.4. The molecule has 2 aromatic heterocycles. The summed E-state index contributed by atoms with van der Waals surface area (Å²) in [5.41, 5.74) is 4.72. The van der Waals surface area contributed by atoms with E-state index in [1.54, 1.807) is 6.20 Å². The van der Waals surface area contributed by atoms with E-state index in [9.17, 15) is 8.42 Å². The van der Waals surface area contributed by atoms with Gasteiger partial charge in [-0.25, -0.2) is 8.42 Å². The molecule has 0 unspecified atom stereocenters. The van der Waals surface area contributed by atoms with Crippen LogP contribution in [0.4, 0.5) is 11.6 Å². The Labute approximate surface area is 199 Å². The van der Waals surface area contributed by atoms with E-state index in [1.807, 2.05) is 45.3 Å². The van der Waals surface area contributed by atoms with Gasteiger partial charge in [0.05, 0.1) is 12.3 Å². The molecular weight excluding hydrogens is 454 g/mol. The van der Waals surface area contributed by atoms with E-state index in [2.05, 4.69) is 30.4 Å². The number of H-pyrrole nitrogens is 1. The Hall–Kier alpha value is -3.02. The van der Waals surface area contributed by atoms with Gasteiger partial charge in [0.1, 0.15) is 5.75 Å². The number of sulfonamides is 1. The maximum Gasteiger partial charge on any atom is 0.278 e. The van der Waals surface area contributed by atoms with Crippen LogP contribution in [-0.4, -0.2) is 77.6 Å². The molecule has 5 rings (SSSR count). The van der Waals surface area contributed by atoms with Crippen molar-refractivity contribution in [2.45, 2.75) is 37.4 Å². The first kappa shape index (κ1) is 22.8. The van der Waals surface area contributed by atoms with Gasteiger partial charge < -0.3 is 15.0 Å². The van der Waals surface area contributed by atoms with Gasteiger partial charge >= 0.3 is 0 Å². The number of nitrogens with zero attached hydrogens (tertiary/aromatic N) is 5. The summed E-state index contributed by atoms with van der Waals surface area (Å²) in [7, 11) is 0.299. The van der Waals surface area contributed by atoms with E-state index in [0.29, 0.717) is 25.7 Å². The number of hydrogen-bond donors (Lipinski definition) is 2. The van der Waals surface area contributed by atoms with Crippen molar-refractivity contribution in [1.82, 2.24) is 29.4 Å². The number of rotatable bonds is 6. The molecule has 0 spiro atoms. The van der Waals surface area contributed by atoms with Crippen molar-refractivity contribution in [2.75, 3.05) is 39.1 Å². The molecule has 0 saturated carbocycles. The van der Waals surface area contributed by atoms with Crippen LogP contribution in [0.5, 0.6) is 5.75 Å². The minimum Gasteiger partial charge on any atom is -0.493 e. The van der Waals surface area contributed by atoms with E-state index < -0.39 is 10.0 Å². The number of aromatic nitrogens is 4. The number of fused-ring (bicyclic) bond motifs is 1. The third-order valence-corrected chi connectivity index (χ3v) is 8.25. The molecule has 34 heavy (non-hydrogen) atoms. The molecule has 0 atom stereocenters. The monoisotopic (exact) mass is 483 g/mol. The van der Waals surface area contributed by atoms with E-state index in [4.69, 9.17) is 4.74 Å². The molecule has 2 aliphatic heterocycles. The van der Waals surface area contributed by atoms with Gasteiger partial charge in [0, 0.05) is 48.6 Å². The zero-order valence-corrected chi connectivity index (χ0v) is 20.4. The second-order valence-corrected chi connectivity index (χ2v) is 10.8. The highest BCUT2D eigenvalue weighted by atomic mass is 32.2. The van der Waals surface area contributed by atoms with Crippen molar-refractivity contribution in [2.24, 2.45) is 0 Å². The van der Waals surface area contributed by atoms with Crippen LogP contribution in [-0.2, 0) is 16.4 Å². The van der Waals surface area contributed by atoms with E-state index in [1.165, 1.54) is 4.31 Å². The predicted octanol–water partition coefficient (Wildman–Crippen LogP) is 2.57. The van der Waals surface area contributed by atoms with Crippen LogP contribution in [0.3, 0.4) is 0 Å². The fourth-order valence-electron chi connectivity index (χ4n) is 4.63. The third-order valence-electron chi connectivity index (χ3n) is 6.53. The lowest BCUT2D eigenvalue weighted by molar-refractivity contribution is 0.196. The lowest BCUT2D eigenvalue weighted by Crippen LogP contribution is -2.44. The summed E-state index contributed by atoms with van der Waals surface area (Å²) in [4.78, 5) is 9.32. The molecule has 0 bridgehead atoms. The Morgan fingerprint density at radius 2 is 1.97 bits per heavy atom. The number of pyridine rings is 1. The van der Waals surface area contributed by atoms with Gasteiger partial charge in [-0.05, 0) is 63.7 Å². The molecule has 4 heterocycles. The summed E-state index contributed by atoms with van der Waals surface area (Å²) >= 11 is 0. The Bertz CT molecular complexity index is 1300. The van der Waals surface area contributed by atoms with Crippen molar-refractivity contribution >= 4 is 21.7 Å². The summed E-state index contributed by atoms with van der Waals surface area (Å²) in [5.74, 6) is 1.09. The maximum atomic E-state index is 13.2. The highest BCUT2D eigenvalue weighted by Gasteiger charge is 2.33. The lowest BCUT2D eigenvalue weighted by atomic mass is 9.99. The molecule has 0 radical (unpaired) electrons. The van der Waals surface area contributed by atoms with Crippen molar-refractivity contribution in [3.63, 3.8) is 0 Å². The van der Waals surface area contributed by atoms with Crippen LogP contribution in [0.2, 0.25) is 0 Å². The lowest BCUT2D eigenvalue weighted by Gasteiger charge is -2.33. The number of ether oxygens (including phenoxy) is 1. The highest BCUT2D eigenvalue weighted by molar-refractivity contribution is 7.88. The molecule has 1 saturated heterocycles. The number of nitrogens with one attached hydrogen (secondary N) is 2. The Morgan fingerprint density at radius 3 is 2.71 bits per heavy atom. The molecule has 0 aliphatic carbocycles. The molecular formula is C23H29N7O3S. The van der Waals surface area contributed by atoms with Gasteiger partial charge in [-0.15, -0.1) is 10.2 Å². The molecule has 11 heteroatoms. The maximum absolute atomic E-state index is 13.2. The Kier molecular flexibility index (Phi) is 6.00. The largest absolute Gasteiger partial charge is 0.493 e. The number of anilines is 2. The van der Waals surface area contributed by atoms with Crippen molar-refractivity contribution in [1.29, 1.82) is 0 Å². The quantitative estimate of drug-likeness (QED) is 0.550. The van der Waals surface area contributed by atoms with Crippen LogP contribution in [0.15, 0.2) is 35.6 Å². The van der Waals surface area contributed by atoms with Gasteiger partial charge in [-0.3, -0.25) is 9.97 Å². The Balaban J connectivity index is 1.43. The SMILES string of the molecule is Cc1cc(-c2ccc3c(c2Nc2nnc(S(=O)(=O)N4CCC(N(C)C)CC4)[nH]2)CCO3)ccn1. The third kappa shape index (κ3) is 4.26. The molecule has 0 amide bonds. The second kappa shape index (κ2) is 8.97. The number of benzene rings is 1. The minimum atomic E-state index is -3.75. The van der Waals surface area contributed by atoms with Gasteiger partial charge in [0.25, 0.3) is 15.2 Å². The summed E-state index contributed by atoms with van der Waals surface area (Å²) in [6, 6.07) is 8.30. The number of hydrogen-bond acceptors (Lipinski definition) is 8. The summed E-state index contributed by atoms with van der Waals surface area (Å²) in [6.07, 6.45) is 4.10. The van der Waals surface area contributed by atoms with Crippen LogP contribution < -0.4 is 10.1 Å². The van der Waals surface area contributed by atoms with Crippen LogP contribution >= 0.6 is 0 Å². The minimum absolute atomic E-state index is 0.150. The van der Waals surface area contributed by atoms with Gasteiger partial charge in [-0.1, -0.05) is 0 Å². The molecule has 3 aromatic rings. The average molecular weight is 484 g/mol. The highest BCUT2D eigenvalue weighted by Crippen LogP contribution is 2.40. The molecule has 1 fully saturated rings. The molecule has 2 N–H and O–H groups in total. The van der Waals surface area contributed by atoms with E-state index in [-0.39, 0.29) is 11.1 Å². The van der Waals surface area contributed by atoms with Crippen molar-refractivity contribution in [3.05, 3.63) is 41.7 Å². The zero-order chi connectivity index (χ0) is 23.9. The standard InChI is InChI=1S/C23H29N7O3S/c1-15-14-16(6-10-24-15)18-4-5-20-19(9-13-33-20)21(18)25-22-26-23(28-27-22)34(31,32)30-11-7-17(8-12-30)29(2)3/h4-6,10,14,17H,7-9,11-13H2,1-3H3,(H2,25,26,27,28). The van der Waals surface area contributed by atoms with Gasteiger partial charge in [0.2, 0.25) is 5.95 Å².